The molecule has 0 unspecified atom stereocenters. The van der Waals surface area contributed by atoms with Crippen LogP contribution in [0.15, 0.2) is 60.9 Å². The molecule has 0 aliphatic rings. The van der Waals surface area contributed by atoms with E-state index in [2.05, 4.69) is 25.0 Å². The van der Waals surface area contributed by atoms with Crippen LogP contribution >= 0.6 is 0 Å². The molecular weight excluding hydrogens is 381 g/mol. The van der Waals surface area contributed by atoms with Crippen molar-refractivity contribution in [3.63, 3.8) is 0 Å². The molecule has 29 heavy (non-hydrogen) atoms. The van der Waals surface area contributed by atoms with Gasteiger partial charge >= 0.3 is 6.61 Å². The maximum absolute atomic E-state index is 13.8. The minimum atomic E-state index is -3.02. The second-order valence-corrected chi connectivity index (χ2v) is 6.14. The largest absolute Gasteiger partial charge is 0.434 e. The van der Waals surface area contributed by atoms with Gasteiger partial charge in [-0.1, -0.05) is 6.07 Å². The van der Waals surface area contributed by atoms with Crippen molar-refractivity contribution >= 4 is 16.7 Å². The van der Waals surface area contributed by atoms with Crippen LogP contribution in [0.5, 0.6) is 5.75 Å². The molecule has 2 heterocycles. The van der Waals surface area contributed by atoms with Gasteiger partial charge in [-0.25, -0.2) is 14.4 Å². The van der Waals surface area contributed by atoms with Gasteiger partial charge in [0.25, 0.3) is 0 Å². The van der Waals surface area contributed by atoms with Crippen molar-refractivity contribution in [2.24, 2.45) is 0 Å². The highest BCUT2D eigenvalue weighted by Crippen LogP contribution is 2.35. The average molecular weight is 396 g/mol. The number of halogens is 3. The van der Waals surface area contributed by atoms with E-state index in [4.69, 9.17) is 0 Å². The van der Waals surface area contributed by atoms with Gasteiger partial charge in [0.1, 0.15) is 17.4 Å². The molecule has 2 aromatic heterocycles. The average Bonchev–Trinajstić information content (AvgIpc) is 2.74. The number of fused-ring (bicyclic) bond motifs is 1. The number of aromatic nitrogens is 3. The van der Waals surface area contributed by atoms with Crippen molar-refractivity contribution in [3.8, 4) is 28.3 Å². The van der Waals surface area contributed by atoms with Crippen LogP contribution in [0.25, 0.3) is 33.4 Å². The predicted octanol–water partition coefficient (Wildman–Crippen LogP) is 5.14. The molecule has 4 rings (SSSR count). The highest BCUT2D eigenvalue weighted by molar-refractivity contribution is 5.94. The van der Waals surface area contributed by atoms with Gasteiger partial charge in [0, 0.05) is 36.0 Å². The Morgan fingerprint density at radius 2 is 1.86 bits per heavy atom. The second-order valence-electron chi connectivity index (χ2n) is 6.14. The molecule has 0 radical (unpaired) electrons. The highest BCUT2D eigenvalue weighted by Gasteiger charge is 2.15. The van der Waals surface area contributed by atoms with Crippen molar-refractivity contribution in [3.05, 3.63) is 66.7 Å². The van der Waals surface area contributed by atoms with Gasteiger partial charge in [-0.2, -0.15) is 8.78 Å². The monoisotopic (exact) mass is 396 g/mol. The van der Waals surface area contributed by atoms with E-state index < -0.39 is 12.4 Å². The summed E-state index contributed by atoms with van der Waals surface area (Å²) in [6, 6.07) is 12.2. The number of rotatable bonds is 5. The van der Waals surface area contributed by atoms with Gasteiger partial charge in [0.05, 0.1) is 5.52 Å². The van der Waals surface area contributed by atoms with Crippen molar-refractivity contribution in [2.75, 3.05) is 12.4 Å². The van der Waals surface area contributed by atoms with Crippen LogP contribution < -0.4 is 10.1 Å². The Hall–Kier alpha value is -3.68. The molecule has 8 heteroatoms. The number of alkyl halides is 2. The zero-order valence-electron chi connectivity index (χ0n) is 15.2. The summed E-state index contributed by atoms with van der Waals surface area (Å²) in [7, 11) is 1.72. The molecule has 0 amide bonds. The Labute approximate surface area is 164 Å². The fraction of sp³-hybridized carbons (Fsp3) is 0.0952. The van der Waals surface area contributed by atoms with Gasteiger partial charge in [0.2, 0.25) is 0 Å². The normalized spacial score (nSPS) is 11.1. The lowest BCUT2D eigenvalue weighted by atomic mass is 10.0. The number of pyridine rings is 1. The number of hydrogen-bond acceptors (Lipinski definition) is 5. The molecule has 0 spiro atoms. The number of hydrogen-bond donors (Lipinski definition) is 1. The molecule has 146 valence electrons. The molecule has 0 fully saturated rings. The lowest BCUT2D eigenvalue weighted by molar-refractivity contribution is -0.0494. The van der Waals surface area contributed by atoms with Crippen LogP contribution in [0.1, 0.15) is 0 Å². The van der Waals surface area contributed by atoms with E-state index >= 15 is 0 Å². The Morgan fingerprint density at radius 3 is 2.59 bits per heavy atom. The van der Waals surface area contributed by atoms with Crippen LogP contribution in [0.3, 0.4) is 0 Å². The lowest BCUT2D eigenvalue weighted by Gasteiger charge is -2.13. The molecule has 0 bridgehead atoms. The third kappa shape index (κ3) is 3.82. The quantitative estimate of drug-likeness (QED) is 0.506. The second kappa shape index (κ2) is 7.75. The first kappa shape index (κ1) is 18.7. The van der Waals surface area contributed by atoms with E-state index in [1.807, 2.05) is 6.07 Å². The minimum absolute atomic E-state index is 0.111. The molecule has 2 aromatic carbocycles. The fourth-order valence-corrected chi connectivity index (χ4v) is 3.04. The van der Waals surface area contributed by atoms with Crippen molar-refractivity contribution in [1.82, 2.24) is 15.0 Å². The fourth-order valence-electron chi connectivity index (χ4n) is 3.04. The Bertz CT molecular complexity index is 1170. The summed E-state index contributed by atoms with van der Waals surface area (Å²) < 4.78 is 43.8. The van der Waals surface area contributed by atoms with Gasteiger partial charge < -0.3 is 10.1 Å². The zero-order chi connectivity index (χ0) is 20.4. The summed E-state index contributed by atoms with van der Waals surface area (Å²) in [5, 5.41) is 3.68. The van der Waals surface area contributed by atoms with Gasteiger partial charge in [-0.05, 0) is 48.0 Å². The molecule has 1 N–H and O–H groups in total. The van der Waals surface area contributed by atoms with Crippen LogP contribution in [-0.2, 0) is 0 Å². The molecule has 5 nitrogen and oxygen atoms in total. The van der Waals surface area contributed by atoms with Crippen LogP contribution in [-0.4, -0.2) is 28.6 Å². The first-order valence-corrected chi connectivity index (χ1v) is 8.70. The van der Waals surface area contributed by atoms with E-state index in [0.29, 0.717) is 28.1 Å². The van der Waals surface area contributed by atoms with Gasteiger partial charge in [-0.15, -0.1) is 0 Å². The van der Waals surface area contributed by atoms with Crippen LogP contribution in [0.2, 0.25) is 0 Å². The Morgan fingerprint density at radius 1 is 1.00 bits per heavy atom. The molecule has 0 aliphatic carbocycles. The third-order valence-electron chi connectivity index (χ3n) is 4.32. The number of nitrogens with zero attached hydrogens (tertiary/aromatic N) is 3. The number of nitrogens with one attached hydrogen (secondary N) is 1. The van der Waals surface area contributed by atoms with E-state index in [0.717, 1.165) is 17.7 Å². The summed E-state index contributed by atoms with van der Waals surface area (Å²) >= 11 is 0. The summed E-state index contributed by atoms with van der Waals surface area (Å²) in [4.78, 5) is 13.2. The summed E-state index contributed by atoms with van der Waals surface area (Å²) in [5.74, 6) is 0.372. The summed E-state index contributed by atoms with van der Waals surface area (Å²) in [6.45, 7) is -3.02. The maximum Gasteiger partial charge on any atom is 0.387 e. The van der Waals surface area contributed by atoms with Crippen molar-refractivity contribution in [1.29, 1.82) is 0 Å². The van der Waals surface area contributed by atoms with Gasteiger partial charge in [0.15, 0.2) is 5.82 Å². The first-order chi connectivity index (χ1) is 14.0. The standard InChI is InChI=1S/C21H15F3N4O/c1-25-20-16-9-12(15-10-14(22)5-7-18(15)29-21(23)24)4-6-17(16)27-19(28-20)13-3-2-8-26-11-13/h2-11,21H,1H3,(H,25,27,28). The first-order valence-electron chi connectivity index (χ1n) is 8.70. The zero-order valence-corrected chi connectivity index (χ0v) is 15.2. The molecule has 0 saturated heterocycles. The Kier molecular flexibility index (Phi) is 4.99. The molecule has 0 atom stereocenters. The third-order valence-corrected chi connectivity index (χ3v) is 4.32. The molecule has 4 aromatic rings. The maximum atomic E-state index is 13.8. The highest BCUT2D eigenvalue weighted by atomic mass is 19.3. The number of anilines is 1. The number of ether oxygens (including phenoxy) is 1. The molecule has 0 aliphatic heterocycles. The van der Waals surface area contributed by atoms with E-state index in [1.54, 1.807) is 43.7 Å². The van der Waals surface area contributed by atoms with Crippen LogP contribution in [0, 0.1) is 5.82 Å². The van der Waals surface area contributed by atoms with E-state index in [-0.39, 0.29) is 11.3 Å². The van der Waals surface area contributed by atoms with E-state index in [1.165, 1.54) is 6.07 Å². The minimum Gasteiger partial charge on any atom is -0.434 e. The number of benzene rings is 2. The SMILES string of the molecule is CNc1nc(-c2cccnc2)nc2ccc(-c3cc(F)ccc3OC(F)F)cc12. The van der Waals surface area contributed by atoms with Crippen molar-refractivity contribution < 1.29 is 17.9 Å². The lowest BCUT2D eigenvalue weighted by Crippen LogP contribution is -2.03. The topological polar surface area (TPSA) is 59.9 Å². The summed E-state index contributed by atoms with van der Waals surface area (Å²) in [5.41, 5.74) is 2.11. The van der Waals surface area contributed by atoms with Crippen molar-refractivity contribution in [2.45, 2.75) is 6.61 Å². The smallest absolute Gasteiger partial charge is 0.387 e. The van der Waals surface area contributed by atoms with Gasteiger partial charge in [-0.3, -0.25) is 4.98 Å². The molecule has 0 saturated carbocycles. The van der Waals surface area contributed by atoms with Crippen LogP contribution in [0.4, 0.5) is 19.0 Å². The predicted molar refractivity (Wildman–Crippen MR) is 104 cm³/mol. The van der Waals surface area contributed by atoms with E-state index in [9.17, 15) is 13.2 Å². The summed E-state index contributed by atoms with van der Waals surface area (Å²) in [6.07, 6.45) is 3.32. The Balaban J connectivity index is 1.86. The molecular formula is C21H15F3N4O.